The summed E-state index contributed by atoms with van der Waals surface area (Å²) in [5.41, 5.74) is 7.08. The monoisotopic (exact) mass is 285 g/mol. The molecule has 0 fully saturated rings. The zero-order valence-corrected chi connectivity index (χ0v) is 11.2. The summed E-state index contributed by atoms with van der Waals surface area (Å²) in [5.74, 6) is -0.244. The highest BCUT2D eigenvalue weighted by atomic mass is 35.5. The third kappa shape index (κ3) is 2.78. The van der Waals surface area contributed by atoms with Crippen LogP contribution in [0, 0.1) is 0 Å². The normalized spacial score (nSPS) is 11.1. The molecule has 6 heteroatoms. The zero-order valence-electron chi connectivity index (χ0n) is 9.66. The molecule has 2 aromatic rings. The van der Waals surface area contributed by atoms with E-state index >= 15 is 0 Å². The van der Waals surface area contributed by atoms with Crippen LogP contribution in [-0.4, -0.2) is 17.8 Å². The number of allylic oxidation sites excluding steroid dienone is 1. The van der Waals surface area contributed by atoms with Crippen LogP contribution >= 0.6 is 24.0 Å². The molecule has 4 nitrogen and oxygen atoms in total. The summed E-state index contributed by atoms with van der Waals surface area (Å²) < 4.78 is 0. The Bertz CT molecular complexity index is 604. The average Bonchev–Trinajstić information content (AvgIpc) is 2.71. The molecule has 0 spiro atoms. The number of ketones is 1. The van der Waals surface area contributed by atoms with Crippen molar-refractivity contribution in [3.63, 3.8) is 0 Å². The first-order chi connectivity index (χ1) is 8.11. The van der Waals surface area contributed by atoms with Gasteiger partial charge in [0.1, 0.15) is 0 Å². The van der Waals surface area contributed by atoms with Gasteiger partial charge in [0.05, 0.1) is 11.4 Å². The van der Waals surface area contributed by atoms with E-state index in [-0.39, 0.29) is 23.9 Å². The van der Waals surface area contributed by atoms with Gasteiger partial charge in [-0.15, -0.1) is 12.4 Å². The van der Waals surface area contributed by atoms with Gasteiger partial charge in [0.15, 0.2) is 0 Å². The molecule has 1 aromatic heterocycles. The van der Waals surface area contributed by atoms with Crippen molar-refractivity contribution < 1.29 is 4.79 Å². The Balaban J connectivity index is 0.00000162. The molecular weight excluding hydrogens is 273 g/mol. The highest BCUT2D eigenvalue weighted by Crippen LogP contribution is 2.20. The molecule has 0 saturated carbocycles. The lowest BCUT2D eigenvalue weighted by atomic mass is 10.2. The van der Waals surface area contributed by atoms with E-state index in [9.17, 15) is 4.79 Å². The Morgan fingerprint density at radius 2 is 2.17 bits per heavy atom. The predicted octanol–water partition coefficient (Wildman–Crippen LogP) is 2.45. The van der Waals surface area contributed by atoms with Gasteiger partial charge < -0.3 is 16.0 Å². The third-order valence-electron chi connectivity index (χ3n) is 2.39. The minimum atomic E-state index is -0.244. The van der Waals surface area contributed by atoms with Gasteiger partial charge in [-0.2, -0.15) is 0 Å². The van der Waals surface area contributed by atoms with Gasteiger partial charge in [0, 0.05) is 29.2 Å². The Kier molecular flexibility index (Phi) is 4.64. The second-order valence-electron chi connectivity index (χ2n) is 3.63. The quantitative estimate of drug-likeness (QED) is 0.599. The maximum absolute atomic E-state index is 11.9. The van der Waals surface area contributed by atoms with Crippen molar-refractivity contribution in [1.82, 2.24) is 10.3 Å². The Labute approximate surface area is 116 Å². The highest BCUT2D eigenvalue weighted by Gasteiger charge is 2.12. The SMILES string of the molecule is CN/C=C(/N)C(=O)c1cc2cc(Cl)ccc2[nH]1.Cl. The number of fused-ring (bicyclic) bond motifs is 1. The van der Waals surface area contributed by atoms with Crippen molar-refractivity contribution in [2.45, 2.75) is 0 Å². The number of aromatic nitrogens is 1. The highest BCUT2D eigenvalue weighted by molar-refractivity contribution is 6.31. The molecular formula is C12H13Cl2N3O. The molecule has 2 rings (SSSR count). The van der Waals surface area contributed by atoms with Gasteiger partial charge in [-0.1, -0.05) is 11.6 Å². The lowest BCUT2D eigenvalue weighted by Gasteiger charge is -1.97. The van der Waals surface area contributed by atoms with Gasteiger partial charge in [0.25, 0.3) is 0 Å². The number of hydrogen-bond donors (Lipinski definition) is 3. The number of benzene rings is 1. The number of H-pyrrole nitrogens is 1. The van der Waals surface area contributed by atoms with Crippen LogP contribution in [0.25, 0.3) is 10.9 Å². The molecule has 0 aliphatic carbocycles. The summed E-state index contributed by atoms with van der Waals surface area (Å²) >= 11 is 5.87. The van der Waals surface area contributed by atoms with Crippen LogP contribution in [0.5, 0.6) is 0 Å². The number of rotatable bonds is 3. The van der Waals surface area contributed by atoms with Crippen molar-refractivity contribution in [3.8, 4) is 0 Å². The molecule has 0 bridgehead atoms. The average molecular weight is 286 g/mol. The molecule has 0 aliphatic rings. The standard InChI is InChI=1S/C12H12ClN3O.ClH/c1-15-6-9(14)12(17)11-5-7-4-8(13)2-3-10(7)16-11;/h2-6,15-16H,14H2,1H3;1H/b9-6+;. The molecule has 0 atom stereocenters. The molecule has 0 radical (unpaired) electrons. The second kappa shape index (κ2) is 5.80. The molecule has 96 valence electrons. The number of hydrogen-bond acceptors (Lipinski definition) is 3. The van der Waals surface area contributed by atoms with Crippen molar-refractivity contribution in [3.05, 3.63) is 46.9 Å². The zero-order chi connectivity index (χ0) is 12.4. The van der Waals surface area contributed by atoms with Crippen molar-refractivity contribution >= 4 is 40.7 Å². The van der Waals surface area contributed by atoms with Gasteiger partial charge in [-0.3, -0.25) is 4.79 Å². The van der Waals surface area contributed by atoms with Crippen LogP contribution in [0.1, 0.15) is 10.5 Å². The number of aromatic amines is 1. The fourth-order valence-electron chi connectivity index (χ4n) is 1.60. The van der Waals surface area contributed by atoms with E-state index in [1.54, 1.807) is 25.2 Å². The van der Waals surface area contributed by atoms with E-state index in [0.717, 1.165) is 10.9 Å². The van der Waals surface area contributed by atoms with Crippen molar-refractivity contribution in [1.29, 1.82) is 0 Å². The van der Waals surface area contributed by atoms with Gasteiger partial charge in [-0.05, 0) is 24.3 Å². The minimum absolute atomic E-state index is 0. The smallest absolute Gasteiger partial charge is 0.226 e. The van der Waals surface area contributed by atoms with Crippen LogP contribution in [-0.2, 0) is 0 Å². The molecule has 1 aromatic carbocycles. The fourth-order valence-corrected chi connectivity index (χ4v) is 1.78. The topological polar surface area (TPSA) is 70.9 Å². The van der Waals surface area contributed by atoms with E-state index in [2.05, 4.69) is 10.3 Å². The van der Waals surface area contributed by atoms with E-state index in [1.807, 2.05) is 6.07 Å². The van der Waals surface area contributed by atoms with E-state index in [1.165, 1.54) is 6.20 Å². The molecule has 18 heavy (non-hydrogen) atoms. The summed E-state index contributed by atoms with van der Waals surface area (Å²) in [5, 5.41) is 4.24. The molecule has 1 heterocycles. The van der Waals surface area contributed by atoms with Crippen LogP contribution in [0.15, 0.2) is 36.2 Å². The maximum Gasteiger partial charge on any atom is 0.226 e. The Morgan fingerprint density at radius 1 is 1.44 bits per heavy atom. The number of carbonyl (C=O) groups is 1. The number of nitrogens with one attached hydrogen (secondary N) is 2. The van der Waals surface area contributed by atoms with E-state index in [0.29, 0.717) is 10.7 Å². The van der Waals surface area contributed by atoms with Gasteiger partial charge in [-0.25, -0.2) is 0 Å². The van der Waals surface area contributed by atoms with Crippen molar-refractivity contribution in [2.75, 3.05) is 7.05 Å². The third-order valence-corrected chi connectivity index (χ3v) is 2.62. The second-order valence-corrected chi connectivity index (χ2v) is 4.07. The molecule has 0 amide bonds. The lowest BCUT2D eigenvalue weighted by molar-refractivity contribution is 0.102. The summed E-state index contributed by atoms with van der Waals surface area (Å²) in [6.07, 6.45) is 1.46. The molecule has 0 saturated heterocycles. The molecule has 4 N–H and O–H groups in total. The summed E-state index contributed by atoms with van der Waals surface area (Å²) in [6.45, 7) is 0. The summed E-state index contributed by atoms with van der Waals surface area (Å²) in [6, 6.07) is 7.12. The summed E-state index contributed by atoms with van der Waals surface area (Å²) in [4.78, 5) is 14.9. The first-order valence-electron chi connectivity index (χ1n) is 5.07. The number of nitrogens with two attached hydrogens (primary N) is 1. The predicted molar refractivity (Wildman–Crippen MR) is 76.2 cm³/mol. The Hall–Kier alpha value is -1.65. The molecule has 0 aliphatic heterocycles. The molecule has 0 unspecified atom stereocenters. The number of carbonyl (C=O) groups excluding carboxylic acids is 1. The van der Waals surface area contributed by atoms with Gasteiger partial charge in [0.2, 0.25) is 5.78 Å². The maximum atomic E-state index is 11.9. The van der Waals surface area contributed by atoms with Crippen LogP contribution in [0.3, 0.4) is 0 Å². The van der Waals surface area contributed by atoms with E-state index in [4.69, 9.17) is 17.3 Å². The van der Waals surface area contributed by atoms with Crippen LogP contribution < -0.4 is 11.1 Å². The van der Waals surface area contributed by atoms with Gasteiger partial charge >= 0.3 is 0 Å². The fraction of sp³-hybridized carbons (Fsp3) is 0.0833. The largest absolute Gasteiger partial charge is 0.394 e. The first-order valence-corrected chi connectivity index (χ1v) is 5.45. The van der Waals surface area contributed by atoms with Crippen LogP contribution in [0.4, 0.5) is 0 Å². The van der Waals surface area contributed by atoms with Crippen LogP contribution in [0.2, 0.25) is 5.02 Å². The number of halogens is 2. The van der Waals surface area contributed by atoms with E-state index < -0.39 is 0 Å². The summed E-state index contributed by atoms with van der Waals surface area (Å²) in [7, 11) is 1.69. The van der Waals surface area contributed by atoms with Crippen molar-refractivity contribution in [2.24, 2.45) is 5.73 Å². The first kappa shape index (κ1) is 14.4. The number of Topliss-reactive ketones (excluding diaryl/α,β-unsaturated/α-hetero) is 1. The Morgan fingerprint density at radius 3 is 2.83 bits per heavy atom. The lowest BCUT2D eigenvalue weighted by Crippen LogP contribution is -2.14. The minimum Gasteiger partial charge on any atom is -0.394 e.